The average molecular weight is 148 g/mol. The molecule has 2 heteroatoms. The zero-order valence-corrected chi connectivity index (χ0v) is 6.75. The summed E-state index contributed by atoms with van der Waals surface area (Å²) in [5.41, 5.74) is -0.150. The van der Waals surface area contributed by atoms with E-state index in [1.54, 1.807) is 6.92 Å². The molecule has 0 bridgehead atoms. The van der Waals surface area contributed by atoms with E-state index in [0.717, 1.165) is 0 Å². The van der Waals surface area contributed by atoms with Crippen molar-refractivity contribution in [1.29, 1.82) is 0 Å². The predicted molar refractivity (Wildman–Crippen MR) is 37.1 cm³/mol. The zero-order chi connectivity index (χ0) is 7.99. The van der Waals surface area contributed by atoms with E-state index in [0.29, 0.717) is 6.42 Å². The van der Waals surface area contributed by atoms with E-state index in [1.165, 1.54) is 0 Å². The second kappa shape index (κ2) is 1.93. The molecule has 1 atom stereocenters. The maximum atomic E-state index is 12.8. The number of alkyl halides is 2. The van der Waals surface area contributed by atoms with Crippen molar-refractivity contribution in [3.63, 3.8) is 0 Å². The fourth-order valence-corrected chi connectivity index (χ4v) is 1.86. The molecule has 0 aliphatic heterocycles. The Morgan fingerprint density at radius 3 is 1.90 bits per heavy atom. The molecule has 1 saturated carbocycles. The summed E-state index contributed by atoms with van der Waals surface area (Å²) in [6.45, 7) is 5.45. The Hall–Kier alpha value is -0.140. The van der Waals surface area contributed by atoms with E-state index in [2.05, 4.69) is 0 Å². The van der Waals surface area contributed by atoms with Crippen LogP contribution in [0.15, 0.2) is 0 Å². The topological polar surface area (TPSA) is 0 Å². The fourth-order valence-electron chi connectivity index (χ4n) is 1.86. The van der Waals surface area contributed by atoms with Gasteiger partial charge in [-0.3, -0.25) is 0 Å². The molecular formula is C8H14F2. The summed E-state index contributed by atoms with van der Waals surface area (Å²) in [7, 11) is 0. The van der Waals surface area contributed by atoms with E-state index < -0.39 is 11.8 Å². The van der Waals surface area contributed by atoms with Gasteiger partial charge in [0.15, 0.2) is 0 Å². The van der Waals surface area contributed by atoms with E-state index in [9.17, 15) is 8.78 Å². The Balaban J connectivity index is 2.71. The first-order chi connectivity index (χ1) is 4.33. The van der Waals surface area contributed by atoms with Gasteiger partial charge in [0, 0.05) is 12.3 Å². The molecule has 0 N–H and O–H groups in total. The van der Waals surface area contributed by atoms with Gasteiger partial charge in [0.1, 0.15) is 0 Å². The number of halogens is 2. The van der Waals surface area contributed by atoms with Crippen LogP contribution in [0, 0.1) is 11.3 Å². The molecule has 0 aromatic heterocycles. The van der Waals surface area contributed by atoms with Crippen LogP contribution in [0.25, 0.3) is 0 Å². The Morgan fingerprint density at radius 1 is 1.30 bits per heavy atom. The van der Waals surface area contributed by atoms with Crippen LogP contribution in [-0.2, 0) is 0 Å². The van der Waals surface area contributed by atoms with Gasteiger partial charge in [0.05, 0.1) is 0 Å². The smallest absolute Gasteiger partial charge is 0.207 e. The summed E-state index contributed by atoms with van der Waals surface area (Å²) in [6, 6.07) is 0. The molecule has 1 aliphatic rings. The van der Waals surface area contributed by atoms with Crippen LogP contribution in [0.3, 0.4) is 0 Å². The minimum Gasteiger partial charge on any atom is -0.207 e. The second-order valence-electron chi connectivity index (χ2n) is 4.21. The van der Waals surface area contributed by atoms with Gasteiger partial charge in [-0.2, -0.15) is 0 Å². The first-order valence-electron chi connectivity index (χ1n) is 3.71. The lowest BCUT2D eigenvalue weighted by Gasteiger charge is -2.15. The molecule has 0 saturated heterocycles. The van der Waals surface area contributed by atoms with Gasteiger partial charge in [-0.15, -0.1) is 0 Å². The van der Waals surface area contributed by atoms with Crippen LogP contribution >= 0.6 is 0 Å². The number of hydrogen-bond acceptors (Lipinski definition) is 0. The maximum absolute atomic E-state index is 12.8. The maximum Gasteiger partial charge on any atom is 0.251 e. The van der Waals surface area contributed by atoms with Crippen LogP contribution in [0.1, 0.15) is 33.6 Å². The van der Waals surface area contributed by atoms with Crippen molar-refractivity contribution in [1.82, 2.24) is 0 Å². The fraction of sp³-hybridized carbons (Fsp3) is 1.00. The quantitative estimate of drug-likeness (QED) is 0.495. The van der Waals surface area contributed by atoms with Crippen molar-refractivity contribution in [2.75, 3.05) is 0 Å². The predicted octanol–water partition coefficient (Wildman–Crippen LogP) is 3.08. The highest BCUT2D eigenvalue weighted by atomic mass is 19.3. The highest BCUT2D eigenvalue weighted by Gasteiger charge is 2.49. The van der Waals surface area contributed by atoms with Crippen LogP contribution in [0.4, 0.5) is 8.78 Å². The zero-order valence-electron chi connectivity index (χ0n) is 6.75. The SMILES string of the molecule is C[C@@H]1CC(C)(C)CC1(F)F. The van der Waals surface area contributed by atoms with Gasteiger partial charge in [-0.1, -0.05) is 20.8 Å². The first kappa shape index (κ1) is 7.96. The Kier molecular flexibility index (Phi) is 1.53. The lowest BCUT2D eigenvalue weighted by atomic mass is 9.91. The van der Waals surface area contributed by atoms with Gasteiger partial charge in [0.25, 0.3) is 5.92 Å². The Morgan fingerprint density at radius 2 is 1.80 bits per heavy atom. The monoisotopic (exact) mass is 148 g/mol. The highest BCUT2D eigenvalue weighted by molar-refractivity contribution is 4.91. The normalized spacial score (nSPS) is 36.3. The van der Waals surface area contributed by atoms with E-state index in [1.807, 2.05) is 13.8 Å². The molecule has 0 amide bonds. The number of hydrogen-bond donors (Lipinski definition) is 0. The summed E-state index contributed by atoms with van der Waals surface area (Å²) >= 11 is 0. The largest absolute Gasteiger partial charge is 0.251 e. The number of rotatable bonds is 0. The van der Waals surface area contributed by atoms with Crippen molar-refractivity contribution < 1.29 is 8.78 Å². The molecule has 0 nitrogen and oxygen atoms in total. The van der Waals surface area contributed by atoms with Crippen molar-refractivity contribution in [3.05, 3.63) is 0 Å². The summed E-state index contributed by atoms with van der Waals surface area (Å²) in [4.78, 5) is 0. The van der Waals surface area contributed by atoms with Crippen LogP contribution < -0.4 is 0 Å². The third kappa shape index (κ3) is 1.30. The van der Waals surface area contributed by atoms with Gasteiger partial charge >= 0.3 is 0 Å². The lowest BCUT2D eigenvalue weighted by molar-refractivity contribution is -0.0350. The van der Waals surface area contributed by atoms with E-state index in [-0.39, 0.29) is 11.8 Å². The average Bonchev–Trinajstić information content (AvgIpc) is 1.73. The van der Waals surface area contributed by atoms with E-state index in [4.69, 9.17) is 0 Å². The van der Waals surface area contributed by atoms with Gasteiger partial charge in [-0.25, -0.2) is 8.78 Å². The molecular weight excluding hydrogens is 134 g/mol. The molecule has 1 rings (SSSR count). The standard InChI is InChI=1S/C8H14F2/c1-6-4-7(2,3)5-8(6,9)10/h6H,4-5H2,1-3H3/t6-/m1/s1. The molecule has 1 aliphatic carbocycles. The molecule has 0 aromatic carbocycles. The van der Waals surface area contributed by atoms with Gasteiger partial charge in [0.2, 0.25) is 0 Å². The molecule has 60 valence electrons. The molecule has 0 aromatic rings. The lowest BCUT2D eigenvalue weighted by Crippen LogP contribution is -2.19. The van der Waals surface area contributed by atoms with Crippen LogP contribution in [0.5, 0.6) is 0 Å². The minimum absolute atomic E-state index is 0.0567. The Bertz CT molecular complexity index is 138. The molecule has 0 spiro atoms. The summed E-state index contributed by atoms with van der Waals surface area (Å²) in [5.74, 6) is -2.84. The molecule has 1 fully saturated rings. The summed E-state index contributed by atoms with van der Waals surface area (Å²) in [6.07, 6.45) is 0.709. The van der Waals surface area contributed by atoms with Crippen molar-refractivity contribution >= 4 is 0 Å². The second-order valence-corrected chi connectivity index (χ2v) is 4.21. The highest BCUT2D eigenvalue weighted by Crippen LogP contribution is 2.50. The first-order valence-corrected chi connectivity index (χ1v) is 3.71. The summed E-state index contributed by atoms with van der Waals surface area (Å²) in [5, 5.41) is 0. The van der Waals surface area contributed by atoms with Gasteiger partial charge in [-0.05, 0) is 11.8 Å². The molecule has 0 radical (unpaired) electrons. The third-order valence-corrected chi connectivity index (χ3v) is 2.29. The van der Waals surface area contributed by atoms with Crippen molar-refractivity contribution in [2.45, 2.75) is 39.5 Å². The molecule has 10 heavy (non-hydrogen) atoms. The Labute approximate surface area is 60.6 Å². The van der Waals surface area contributed by atoms with Crippen molar-refractivity contribution in [3.8, 4) is 0 Å². The van der Waals surface area contributed by atoms with Gasteiger partial charge < -0.3 is 0 Å². The van der Waals surface area contributed by atoms with Crippen molar-refractivity contribution in [2.24, 2.45) is 11.3 Å². The summed E-state index contributed by atoms with van der Waals surface area (Å²) < 4.78 is 25.7. The van der Waals surface area contributed by atoms with Crippen LogP contribution in [-0.4, -0.2) is 5.92 Å². The molecule has 0 unspecified atom stereocenters. The minimum atomic E-state index is -2.41. The van der Waals surface area contributed by atoms with Crippen LogP contribution in [0.2, 0.25) is 0 Å². The molecule has 0 heterocycles. The van der Waals surface area contributed by atoms with E-state index >= 15 is 0 Å². The third-order valence-electron chi connectivity index (χ3n) is 2.29.